The Morgan fingerprint density at radius 1 is 1.62 bits per heavy atom. The number of carbonyl (C=O) groups is 1. The fourth-order valence-corrected chi connectivity index (χ4v) is 2.92. The van der Waals surface area contributed by atoms with Gasteiger partial charge in [0, 0.05) is 11.4 Å². The summed E-state index contributed by atoms with van der Waals surface area (Å²) in [6, 6.07) is -0.662. The molecule has 0 aromatic rings. The van der Waals surface area contributed by atoms with Crippen LogP contribution in [-0.2, 0) is 16.2 Å². The van der Waals surface area contributed by atoms with Gasteiger partial charge in [0.25, 0.3) is 0 Å². The van der Waals surface area contributed by atoms with Gasteiger partial charge in [-0.3, -0.25) is 4.79 Å². The van der Waals surface area contributed by atoms with Gasteiger partial charge in [-0.1, -0.05) is 11.6 Å². The van der Waals surface area contributed by atoms with Crippen LogP contribution in [0.3, 0.4) is 0 Å². The highest BCUT2D eigenvalue weighted by molar-refractivity contribution is 7.90. The zero-order chi connectivity index (χ0) is 12.5. The molecule has 1 heterocycles. The molecule has 0 spiro atoms. The molecule has 0 fully saturated rings. The summed E-state index contributed by atoms with van der Waals surface area (Å²) >= 11 is -1.28. The van der Waals surface area contributed by atoms with Gasteiger partial charge in [0.15, 0.2) is 6.04 Å². The van der Waals surface area contributed by atoms with Crippen molar-refractivity contribution in [1.29, 1.82) is 0 Å². The molecule has 1 rings (SSSR count). The lowest BCUT2D eigenvalue weighted by molar-refractivity contribution is -0.141. The van der Waals surface area contributed by atoms with Gasteiger partial charge in [0.2, 0.25) is 0 Å². The summed E-state index contributed by atoms with van der Waals surface area (Å²) in [4.78, 5) is 11.1. The summed E-state index contributed by atoms with van der Waals surface area (Å²) in [5.74, 6) is -0.898. The quantitative estimate of drug-likeness (QED) is 0.592. The van der Waals surface area contributed by atoms with E-state index in [4.69, 9.17) is 5.11 Å². The molecule has 0 bridgehead atoms. The first kappa shape index (κ1) is 13.5. The summed E-state index contributed by atoms with van der Waals surface area (Å²) in [6.07, 6.45) is 2.40. The van der Waals surface area contributed by atoms with Gasteiger partial charge in [0.05, 0.1) is 6.54 Å². The Morgan fingerprint density at radius 3 is 2.62 bits per heavy atom. The van der Waals surface area contributed by atoms with Crippen molar-refractivity contribution in [2.24, 2.45) is 0 Å². The monoisotopic (exact) mass is 245 g/mol. The van der Waals surface area contributed by atoms with Crippen molar-refractivity contribution in [2.45, 2.75) is 44.9 Å². The van der Waals surface area contributed by atoms with Crippen molar-refractivity contribution in [3.05, 3.63) is 11.6 Å². The second-order valence-electron chi connectivity index (χ2n) is 5.07. The van der Waals surface area contributed by atoms with E-state index in [1.165, 1.54) is 0 Å². The Morgan fingerprint density at radius 2 is 2.19 bits per heavy atom. The summed E-state index contributed by atoms with van der Waals surface area (Å²) in [6.45, 7) is 7.92. The second kappa shape index (κ2) is 4.77. The normalized spacial score (nSPS) is 25.1. The average Bonchev–Trinajstić information content (AvgIpc) is 2.15. The van der Waals surface area contributed by atoms with E-state index in [2.05, 4.69) is 0 Å². The zero-order valence-corrected chi connectivity index (χ0v) is 11.0. The molecule has 1 unspecified atom stereocenters. The first-order chi connectivity index (χ1) is 7.23. The molecule has 0 saturated carbocycles. The fourth-order valence-electron chi connectivity index (χ4n) is 1.61. The van der Waals surface area contributed by atoms with Crippen molar-refractivity contribution in [1.82, 2.24) is 4.31 Å². The van der Waals surface area contributed by atoms with Crippen LogP contribution in [0.2, 0.25) is 0 Å². The van der Waals surface area contributed by atoms with Crippen molar-refractivity contribution in [3.8, 4) is 0 Å². The maximum Gasteiger partial charge on any atom is 0.325 e. The molecule has 92 valence electrons. The summed E-state index contributed by atoms with van der Waals surface area (Å²) in [5, 5.41) is 9.14. The molecule has 1 aliphatic heterocycles. The maximum atomic E-state index is 12.2. The van der Waals surface area contributed by atoms with Crippen LogP contribution in [0.1, 0.15) is 34.1 Å². The van der Waals surface area contributed by atoms with Crippen LogP contribution >= 0.6 is 0 Å². The van der Waals surface area contributed by atoms with Crippen molar-refractivity contribution in [3.63, 3.8) is 0 Å². The van der Waals surface area contributed by atoms with Crippen LogP contribution in [-0.4, -0.2) is 37.3 Å². The van der Waals surface area contributed by atoms with Gasteiger partial charge in [-0.25, -0.2) is 0 Å². The summed E-state index contributed by atoms with van der Waals surface area (Å²) in [5.41, 5.74) is 1.05. The highest BCUT2D eigenvalue weighted by Gasteiger charge is 2.41. The molecule has 0 amide bonds. The number of carboxylic acid groups (broad SMARTS) is 1. The zero-order valence-electron chi connectivity index (χ0n) is 10.2. The molecule has 2 atom stereocenters. The van der Waals surface area contributed by atoms with Gasteiger partial charge in [-0.15, -0.1) is 4.31 Å². The number of rotatable bonds is 2. The first-order valence-electron chi connectivity index (χ1n) is 5.30. The summed E-state index contributed by atoms with van der Waals surface area (Å²) < 4.78 is 13.3. The number of carboxylic acids is 1. The number of nitrogens with zero attached hydrogens (tertiary/aromatic N) is 1. The standard InChI is InChI=1S/C11H19NO3S/c1-8-5-6-12(9(7-8)10(13)14)16(15)11(2,3)4/h5,9H,6-7H2,1-4H3,(H,13,14)/t9-,16?/m0/s1. The van der Waals surface area contributed by atoms with Crippen LogP contribution in [0, 0.1) is 0 Å². The largest absolute Gasteiger partial charge is 0.597 e. The Hall–Kier alpha value is -0.520. The maximum absolute atomic E-state index is 12.2. The Kier molecular flexibility index (Phi) is 4.04. The number of hydrogen-bond donors (Lipinski definition) is 1. The third-order valence-electron chi connectivity index (χ3n) is 2.50. The molecule has 5 heteroatoms. The SMILES string of the molecule is CC1=CCN([S+]([O-])C(C)(C)C)[C@H](C(=O)O)C1. The minimum absolute atomic E-state index is 0.424. The predicted molar refractivity (Wildman–Crippen MR) is 64.4 cm³/mol. The van der Waals surface area contributed by atoms with Crippen LogP contribution in [0.4, 0.5) is 0 Å². The molecule has 0 aromatic carbocycles. The minimum atomic E-state index is -1.28. The van der Waals surface area contributed by atoms with Crippen LogP contribution in [0.5, 0.6) is 0 Å². The molecule has 1 aliphatic rings. The molecule has 1 N–H and O–H groups in total. The molecule has 16 heavy (non-hydrogen) atoms. The van der Waals surface area contributed by atoms with E-state index in [9.17, 15) is 9.35 Å². The van der Waals surface area contributed by atoms with E-state index in [1.54, 1.807) is 4.31 Å². The minimum Gasteiger partial charge on any atom is -0.597 e. The smallest absolute Gasteiger partial charge is 0.325 e. The molecule has 4 nitrogen and oxygen atoms in total. The average molecular weight is 245 g/mol. The second-order valence-corrected chi connectivity index (χ2v) is 7.26. The fraction of sp³-hybridized carbons (Fsp3) is 0.727. The van der Waals surface area contributed by atoms with Gasteiger partial charge >= 0.3 is 5.97 Å². The third-order valence-corrected chi connectivity index (χ3v) is 4.38. The van der Waals surface area contributed by atoms with E-state index in [-0.39, 0.29) is 0 Å². The molecule has 0 aromatic heterocycles. The molecular formula is C11H19NO3S. The number of hydrogen-bond acceptors (Lipinski definition) is 3. The predicted octanol–water partition coefficient (Wildman–Crippen LogP) is 1.55. The Labute approximate surface area is 99.6 Å². The molecular weight excluding hydrogens is 226 g/mol. The van der Waals surface area contributed by atoms with Crippen LogP contribution in [0.15, 0.2) is 11.6 Å². The molecule has 0 saturated heterocycles. The van der Waals surface area contributed by atoms with E-state index >= 15 is 0 Å². The van der Waals surface area contributed by atoms with E-state index in [0.717, 1.165) is 5.57 Å². The van der Waals surface area contributed by atoms with Crippen LogP contribution in [0.25, 0.3) is 0 Å². The molecule has 0 radical (unpaired) electrons. The lowest BCUT2D eigenvalue weighted by atomic mass is 10.0. The van der Waals surface area contributed by atoms with Gasteiger partial charge < -0.3 is 9.66 Å². The van der Waals surface area contributed by atoms with Crippen molar-refractivity contribution < 1.29 is 14.5 Å². The lowest BCUT2D eigenvalue weighted by Crippen LogP contribution is -2.52. The number of aliphatic carboxylic acids is 1. The topological polar surface area (TPSA) is 63.6 Å². The highest BCUT2D eigenvalue weighted by atomic mass is 32.2. The molecule has 0 aliphatic carbocycles. The lowest BCUT2D eigenvalue weighted by Gasteiger charge is -2.37. The Balaban J connectivity index is 2.89. The van der Waals surface area contributed by atoms with Gasteiger partial charge in [-0.2, -0.15) is 0 Å². The van der Waals surface area contributed by atoms with Gasteiger partial charge in [0.1, 0.15) is 4.75 Å². The summed E-state index contributed by atoms with van der Waals surface area (Å²) in [7, 11) is 0. The van der Waals surface area contributed by atoms with Crippen molar-refractivity contribution in [2.75, 3.05) is 6.54 Å². The van der Waals surface area contributed by atoms with E-state index in [1.807, 2.05) is 33.8 Å². The highest BCUT2D eigenvalue weighted by Crippen LogP contribution is 2.27. The third kappa shape index (κ3) is 2.99. The van der Waals surface area contributed by atoms with Crippen LogP contribution < -0.4 is 0 Å². The first-order valence-corrected chi connectivity index (χ1v) is 6.41. The van der Waals surface area contributed by atoms with Crippen molar-refractivity contribution >= 4 is 17.3 Å². The van der Waals surface area contributed by atoms with E-state index < -0.39 is 28.1 Å². The van der Waals surface area contributed by atoms with E-state index in [0.29, 0.717) is 13.0 Å². The Bertz CT molecular complexity index is 309. The van der Waals surface area contributed by atoms with Gasteiger partial charge in [-0.05, 0) is 34.1 Å².